The van der Waals surface area contributed by atoms with Crippen LogP contribution in [0.5, 0.6) is 0 Å². The number of rotatable bonds is 12. The molecule has 0 amide bonds. The Kier molecular flexibility index (Phi) is 10.1. The molecule has 0 bridgehead atoms. The van der Waals surface area contributed by atoms with Gasteiger partial charge in [0.1, 0.15) is 0 Å². The molecule has 6 nitrogen and oxygen atoms in total. The minimum absolute atomic E-state index is 0.132. The smallest absolute Gasteiger partial charge is 0.317 e. The zero-order chi connectivity index (χ0) is 14.7. The van der Waals surface area contributed by atoms with Crippen molar-refractivity contribution in [1.82, 2.24) is 4.90 Å². The van der Waals surface area contributed by atoms with E-state index in [4.69, 9.17) is 14.9 Å². The molecule has 0 saturated heterocycles. The predicted molar refractivity (Wildman–Crippen MR) is 71.2 cm³/mol. The molecule has 1 atom stereocenters. The van der Waals surface area contributed by atoms with Crippen molar-refractivity contribution < 1.29 is 24.5 Å². The van der Waals surface area contributed by atoms with Crippen LogP contribution in [0.3, 0.4) is 0 Å². The van der Waals surface area contributed by atoms with Gasteiger partial charge in [0.25, 0.3) is 0 Å². The second-order valence-electron chi connectivity index (χ2n) is 4.69. The topological polar surface area (TPSA) is 87.1 Å². The summed E-state index contributed by atoms with van der Waals surface area (Å²) >= 11 is 0. The van der Waals surface area contributed by atoms with Crippen molar-refractivity contribution in [1.29, 1.82) is 0 Å². The van der Waals surface area contributed by atoms with E-state index >= 15 is 0 Å². The molecule has 6 heteroatoms. The average molecular weight is 275 g/mol. The molecular formula is C13H25NO5. The van der Waals surface area contributed by atoms with Gasteiger partial charge in [-0.2, -0.15) is 0 Å². The largest absolute Gasteiger partial charge is 0.481 e. The lowest BCUT2D eigenvalue weighted by molar-refractivity contribution is -0.144. The Labute approximate surface area is 114 Å². The van der Waals surface area contributed by atoms with Crippen LogP contribution in [0.25, 0.3) is 0 Å². The molecular weight excluding hydrogens is 250 g/mol. The lowest BCUT2D eigenvalue weighted by Gasteiger charge is -2.22. The zero-order valence-electron chi connectivity index (χ0n) is 11.8. The summed E-state index contributed by atoms with van der Waals surface area (Å²) in [4.78, 5) is 23.1. The highest BCUT2D eigenvalue weighted by atomic mass is 16.5. The molecule has 0 spiro atoms. The van der Waals surface area contributed by atoms with Gasteiger partial charge < -0.3 is 14.9 Å². The van der Waals surface area contributed by atoms with Crippen molar-refractivity contribution in [3.05, 3.63) is 0 Å². The Morgan fingerprint density at radius 2 is 1.84 bits per heavy atom. The van der Waals surface area contributed by atoms with Crippen LogP contribution in [0, 0.1) is 5.92 Å². The van der Waals surface area contributed by atoms with E-state index in [0.717, 1.165) is 19.4 Å². The van der Waals surface area contributed by atoms with Crippen LogP contribution in [0.2, 0.25) is 0 Å². The minimum atomic E-state index is -0.940. The van der Waals surface area contributed by atoms with Crippen molar-refractivity contribution in [3.63, 3.8) is 0 Å². The van der Waals surface area contributed by atoms with Gasteiger partial charge in [-0.15, -0.1) is 0 Å². The van der Waals surface area contributed by atoms with Gasteiger partial charge in [0.05, 0.1) is 12.5 Å². The maximum absolute atomic E-state index is 10.8. The van der Waals surface area contributed by atoms with Crippen LogP contribution >= 0.6 is 0 Å². The number of hydrogen-bond acceptors (Lipinski definition) is 4. The molecule has 0 aliphatic heterocycles. The van der Waals surface area contributed by atoms with E-state index in [1.165, 1.54) is 0 Å². The van der Waals surface area contributed by atoms with E-state index in [1.54, 1.807) is 11.8 Å². The molecule has 0 aromatic heterocycles. The Morgan fingerprint density at radius 1 is 1.21 bits per heavy atom. The first-order valence-corrected chi connectivity index (χ1v) is 6.72. The molecule has 0 fully saturated rings. The third-order valence-electron chi connectivity index (χ3n) is 2.72. The fourth-order valence-electron chi connectivity index (χ4n) is 1.63. The molecule has 2 N–H and O–H groups in total. The van der Waals surface area contributed by atoms with Gasteiger partial charge in [-0.1, -0.05) is 20.3 Å². The Morgan fingerprint density at radius 3 is 2.37 bits per heavy atom. The van der Waals surface area contributed by atoms with E-state index in [-0.39, 0.29) is 13.1 Å². The van der Waals surface area contributed by atoms with E-state index < -0.39 is 17.9 Å². The van der Waals surface area contributed by atoms with E-state index in [2.05, 4.69) is 6.92 Å². The van der Waals surface area contributed by atoms with Gasteiger partial charge >= 0.3 is 11.9 Å². The Bertz CT molecular complexity index is 270. The second-order valence-corrected chi connectivity index (χ2v) is 4.69. The van der Waals surface area contributed by atoms with Gasteiger partial charge in [0.2, 0.25) is 0 Å². The van der Waals surface area contributed by atoms with Crippen LogP contribution in [0.15, 0.2) is 0 Å². The summed E-state index contributed by atoms with van der Waals surface area (Å²) in [6.45, 7) is 5.62. The van der Waals surface area contributed by atoms with Crippen molar-refractivity contribution in [2.24, 2.45) is 5.92 Å². The third kappa shape index (κ3) is 10.5. The van der Waals surface area contributed by atoms with Gasteiger partial charge in [0.15, 0.2) is 0 Å². The third-order valence-corrected chi connectivity index (χ3v) is 2.72. The number of carboxylic acid groups (broad SMARTS) is 2. The molecule has 0 aliphatic rings. The maximum Gasteiger partial charge on any atom is 0.317 e. The number of unbranched alkanes of at least 4 members (excludes halogenated alkanes) is 1. The lowest BCUT2D eigenvalue weighted by Crippen LogP contribution is -2.36. The van der Waals surface area contributed by atoms with Crippen LogP contribution in [0.1, 0.15) is 33.1 Å². The number of nitrogens with zero attached hydrogens (tertiary/aromatic N) is 1. The number of carbonyl (C=O) groups is 2. The summed E-state index contributed by atoms with van der Waals surface area (Å²) in [5, 5.41) is 17.6. The standard InChI is InChI=1S/C13H25NO5/c1-3-4-7-19-8-5-6-14(10-12(15)16)9-11(2)13(17)18/h11H,3-10H2,1-2H3,(H,15,16)(H,17,18). The highest BCUT2D eigenvalue weighted by molar-refractivity contribution is 5.70. The van der Waals surface area contributed by atoms with E-state index in [1.807, 2.05) is 0 Å². The second kappa shape index (κ2) is 10.8. The first kappa shape index (κ1) is 17.9. The van der Waals surface area contributed by atoms with Crippen molar-refractivity contribution >= 4 is 11.9 Å². The highest BCUT2D eigenvalue weighted by Crippen LogP contribution is 2.02. The van der Waals surface area contributed by atoms with Gasteiger partial charge in [-0.05, 0) is 12.8 Å². The van der Waals surface area contributed by atoms with E-state index in [9.17, 15) is 9.59 Å². The normalized spacial score (nSPS) is 12.6. The number of ether oxygens (including phenoxy) is 1. The summed E-state index contributed by atoms with van der Waals surface area (Å²) < 4.78 is 5.39. The summed E-state index contributed by atoms with van der Waals surface area (Å²) in [6.07, 6.45) is 2.82. The zero-order valence-corrected chi connectivity index (χ0v) is 11.8. The summed E-state index contributed by atoms with van der Waals surface area (Å²) in [5.74, 6) is -2.42. The monoisotopic (exact) mass is 275 g/mol. The van der Waals surface area contributed by atoms with Crippen molar-refractivity contribution in [2.75, 3.05) is 32.8 Å². The highest BCUT2D eigenvalue weighted by Gasteiger charge is 2.17. The molecule has 0 aromatic carbocycles. The first-order valence-electron chi connectivity index (χ1n) is 6.72. The molecule has 0 heterocycles. The van der Waals surface area contributed by atoms with E-state index in [0.29, 0.717) is 19.6 Å². The first-order chi connectivity index (χ1) is 8.97. The molecule has 112 valence electrons. The molecule has 0 saturated carbocycles. The maximum atomic E-state index is 10.8. The van der Waals surface area contributed by atoms with Crippen molar-refractivity contribution in [3.8, 4) is 0 Å². The van der Waals surface area contributed by atoms with Gasteiger partial charge in [0, 0.05) is 26.3 Å². The summed E-state index contributed by atoms with van der Waals surface area (Å²) in [7, 11) is 0. The quantitative estimate of drug-likeness (QED) is 0.522. The number of carboxylic acids is 2. The minimum Gasteiger partial charge on any atom is -0.481 e. The van der Waals surface area contributed by atoms with Crippen LogP contribution in [-0.4, -0.2) is 59.9 Å². The molecule has 0 aliphatic carbocycles. The molecule has 0 rings (SSSR count). The van der Waals surface area contributed by atoms with Crippen LogP contribution in [0.4, 0.5) is 0 Å². The fourth-order valence-corrected chi connectivity index (χ4v) is 1.63. The molecule has 0 aromatic rings. The lowest BCUT2D eigenvalue weighted by atomic mass is 10.1. The predicted octanol–water partition coefficient (Wildman–Crippen LogP) is 1.30. The number of aliphatic carboxylic acids is 2. The van der Waals surface area contributed by atoms with Crippen molar-refractivity contribution in [2.45, 2.75) is 33.1 Å². The summed E-state index contributed by atoms with van der Waals surface area (Å²) in [6, 6.07) is 0. The average Bonchev–Trinajstić information content (AvgIpc) is 2.32. The Hall–Kier alpha value is -1.14. The fraction of sp³-hybridized carbons (Fsp3) is 0.846. The van der Waals surface area contributed by atoms with Gasteiger partial charge in [-0.3, -0.25) is 14.5 Å². The molecule has 1 unspecified atom stereocenters. The number of hydrogen-bond donors (Lipinski definition) is 2. The van der Waals surface area contributed by atoms with Crippen LogP contribution < -0.4 is 0 Å². The molecule has 19 heavy (non-hydrogen) atoms. The Balaban J connectivity index is 3.93. The molecule has 0 radical (unpaired) electrons. The summed E-state index contributed by atoms with van der Waals surface area (Å²) in [5.41, 5.74) is 0. The van der Waals surface area contributed by atoms with Crippen LogP contribution in [-0.2, 0) is 14.3 Å². The van der Waals surface area contributed by atoms with Gasteiger partial charge in [-0.25, -0.2) is 0 Å². The SMILES string of the molecule is CCCCOCCCN(CC(=O)O)CC(C)C(=O)O.